The van der Waals surface area contributed by atoms with Crippen molar-refractivity contribution in [3.63, 3.8) is 0 Å². The second-order valence-corrected chi connectivity index (χ2v) is 10.8. The maximum absolute atomic E-state index is 12.8. The normalized spacial score (nSPS) is 11.1. The third-order valence-electron chi connectivity index (χ3n) is 4.99. The molecule has 0 fully saturated rings. The van der Waals surface area contributed by atoms with Gasteiger partial charge in [0.25, 0.3) is 10.0 Å². The van der Waals surface area contributed by atoms with Crippen molar-refractivity contribution in [2.24, 2.45) is 0 Å². The van der Waals surface area contributed by atoms with Crippen LogP contribution >= 0.6 is 22.9 Å². The number of aromatic nitrogens is 1. The lowest BCUT2D eigenvalue weighted by molar-refractivity contribution is -0.147. The fourth-order valence-corrected chi connectivity index (χ4v) is 5.11. The van der Waals surface area contributed by atoms with Crippen molar-refractivity contribution in [2.75, 3.05) is 23.3 Å². The molecule has 0 aliphatic heterocycles. The van der Waals surface area contributed by atoms with Gasteiger partial charge in [0, 0.05) is 23.1 Å². The molecule has 0 saturated heterocycles. The second-order valence-electron chi connectivity index (χ2n) is 7.50. The van der Waals surface area contributed by atoms with E-state index in [1.807, 2.05) is 35.7 Å². The van der Waals surface area contributed by atoms with E-state index >= 15 is 0 Å². The zero-order valence-corrected chi connectivity index (χ0v) is 21.5. The molecule has 0 saturated carbocycles. The molecule has 4 rings (SSSR count). The monoisotopic (exact) mass is 543 g/mol. The Labute approximate surface area is 218 Å². The number of ether oxygens (including phenoxy) is 2. The molecule has 1 heterocycles. The van der Waals surface area contributed by atoms with Crippen LogP contribution in [0.4, 0.5) is 16.5 Å². The first-order chi connectivity index (χ1) is 17.3. The van der Waals surface area contributed by atoms with Crippen molar-refractivity contribution in [3.8, 4) is 5.75 Å². The minimum absolute atomic E-state index is 0.0292. The van der Waals surface area contributed by atoms with Gasteiger partial charge in [0.15, 0.2) is 11.7 Å². The third kappa shape index (κ3) is 6.54. The second kappa shape index (κ2) is 11.4. The quantitative estimate of drug-likeness (QED) is 0.264. The number of sulfonamides is 1. The van der Waals surface area contributed by atoms with Crippen LogP contribution in [0, 0.1) is 0 Å². The van der Waals surface area contributed by atoms with Crippen LogP contribution in [-0.2, 0) is 26.2 Å². The van der Waals surface area contributed by atoms with Crippen LogP contribution < -0.4 is 14.4 Å². The number of anilines is 3. The molecule has 3 aromatic carbocycles. The molecule has 4 aromatic rings. The van der Waals surface area contributed by atoms with E-state index in [0.717, 1.165) is 9.99 Å². The van der Waals surface area contributed by atoms with Crippen LogP contribution in [0.5, 0.6) is 5.75 Å². The van der Waals surface area contributed by atoms with Crippen molar-refractivity contribution >= 4 is 55.4 Å². The Morgan fingerprint density at radius 3 is 2.42 bits per heavy atom. The summed E-state index contributed by atoms with van der Waals surface area (Å²) in [5.41, 5.74) is 1.98. The first kappa shape index (κ1) is 25.5. The summed E-state index contributed by atoms with van der Waals surface area (Å²) < 4.78 is 37.5. The number of nitrogens with zero attached hydrogens (tertiary/aromatic N) is 2. The highest BCUT2D eigenvalue weighted by atomic mass is 35.5. The van der Waals surface area contributed by atoms with Crippen LogP contribution in [-0.4, -0.2) is 33.0 Å². The molecular formula is C25H22ClN3O5S2. The van der Waals surface area contributed by atoms with Gasteiger partial charge < -0.3 is 14.8 Å². The average molecular weight is 544 g/mol. The number of esters is 1. The zero-order valence-electron chi connectivity index (χ0n) is 19.1. The summed E-state index contributed by atoms with van der Waals surface area (Å²) in [6.07, 6.45) is 0. The summed E-state index contributed by atoms with van der Waals surface area (Å²) in [6.45, 7) is -0.265. The van der Waals surface area contributed by atoms with Gasteiger partial charge in [0.2, 0.25) is 0 Å². The molecule has 0 atom stereocenters. The van der Waals surface area contributed by atoms with Crippen LogP contribution in [0.2, 0.25) is 5.02 Å². The molecule has 36 heavy (non-hydrogen) atoms. The van der Waals surface area contributed by atoms with Crippen molar-refractivity contribution in [3.05, 3.63) is 95.0 Å². The number of para-hydroxylation sites is 1. The molecule has 0 radical (unpaired) electrons. The molecule has 1 aromatic heterocycles. The van der Waals surface area contributed by atoms with Crippen LogP contribution in [0.15, 0.2) is 89.1 Å². The summed E-state index contributed by atoms with van der Waals surface area (Å²) in [7, 11) is -2.29. The largest absolute Gasteiger partial charge is 0.482 e. The predicted octanol–water partition coefficient (Wildman–Crippen LogP) is 5.49. The lowest BCUT2D eigenvalue weighted by Gasteiger charge is -2.20. The Morgan fingerprint density at radius 2 is 1.72 bits per heavy atom. The van der Waals surface area contributed by atoms with Gasteiger partial charge in [0.05, 0.1) is 16.3 Å². The lowest BCUT2D eigenvalue weighted by Crippen LogP contribution is -2.26. The van der Waals surface area contributed by atoms with Crippen LogP contribution in [0.3, 0.4) is 0 Å². The van der Waals surface area contributed by atoms with E-state index in [9.17, 15) is 13.2 Å². The minimum atomic E-state index is -3.75. The smallest absolute Gasteiger partial charge is 0.344 e. The SMILES string of the molecule is CN(c1ccc(OCC(=O)OCc2csc(Nc3ccccc3)n2)cc1)S(=O)(=O)c1ccc(Cl)cc1. The molecular weight excluding hydrogens is 522 g/mol. The van der Waals surface area contributed by atoms with E-state index in [1.54, 1.807) is 24.3 Å². The van der Waals surface area contributed by atoms with Gasteiger partial charge in [-0.15, -0.1) is 11.3 Å². The molecule has 0 spiro atoms. The highest BCUT2D eigenvalue weighted by Crippen LogP contribution is 2.25. The Bertz CT molecular complexity index is 1410. The predicted molar refractivity (Wildman–Crippen MR) is 141 cm³/mol. The fourth-order valence-electron chi connectivity index (χ4n) is 3.07. The topological polar surface area (TPSA) is 97.8 Å². The summed E-state index contributed by atoms with van der Waals surface area (Å²) in [5.74, 6) is -0.150. The summed E-state index contributed by atoms with van der Waals surface area (Å²) in [6, 6.07) is 21.9. The molecule has 8 nitrogen and oxygen atoms in total. The van der Waals surface area contributed by atoms with Crippen molar-refractivity contribution < 1.29 is 22.7 Å². The number of nitrogens with one attached hydrogen (secondary N) is 1. The first-order valence-corrected chi connectivity index (χ1v) is 13.4. The Balaban J connectivity index is 1.26. The summed E-state index contributed by atoms with van der Waals surface area (Å²) >= 11 is 7.26. The van der Waals surface area contributed by atoms with Gasteiger partial charge in [-0.2, -0.15) is 0 Å². The van der Waals surface area contributed by atoms with E-state index in [2.05, 4.69) is 10.3 Å². The van der Waals surface area contributed by atoms with Gasteiger partial charge in [0.1, 0.15) is 12.4 Å². The molecule has 0 aliphatic rings. The van der Waals surface area contributed by atoms with Gasteiger partial charge in [-0.05, 0) is 60.7 Å². The highest BCUT2D eigenvalue weighted by molar-refractivity contribution is 7.92. The van der Waals surface area contributed by atoms with E-state index in [4.69, 9.17) is 21.1 Å². The molecule has 1 N–H and O–H groups in total. The van der Waals surface area contributed by atoms with Crippen LogP contribution in [0.25, 0.3) is 0 Å². The standard InChI is InChI=1S/C25H22ClN3O5S2/c1-29(36(31,32)23-13-7-18(26)8-14-23)21-9-11-22(12-10-21)33-16-24(30)34-15-20-17-35-25(28-20)27-19-5-3-2-4-6-19/h2-14,17H,15-16H2,1H3,(H,27,28). The number of hydrogen-bond acceptors (Lipinski definition) is 8. The highest BCUT2D eigenvalue weighted by Gasteiger charge is 2.21. The van der Waals surface area contributed by atoms with Crippen molar-refractivity contribution in [2.45, 2.75) is 11.5 Å². The van der Waals surface area contributed by atoms with Crippen LogP contribution in [0.1, 0.15) is 5.69 Å². The molecule has 0 bridgehead atoms. The van der Waals surface area contributed by atoms with Gasteiger partial charge >= 0.3 is 5.97 Å². The Kier molecular flexibility index (Phi) is 8.09. The van der Waals surface area contributed by atoms with E-state index in [-0.39, 0.29) is 18.1 Å². The number of halogens is 1. The van der Waals surface area contributed by atoms with E-state index in [0.29, 0.717) is 27.3 Å². The number of thiazole rings is 1. The maximum atomic E-state index is 12.8. The van der Waals surface area contributed by atoms with Gasteiger partial charge in [-0.25, -0.2) is 18.2 Å². The summed E-state index contributed by atoms with van der Waals surface area (Å²) in [4.78, 5) is 16.6. The molecule has 0 amide bonds. The van der Waals surface area contributed by atoms with Crippen molar-refractivity contribution in [1.29, 1.82) is 0 Å². The summed E-state index contributed by atoms with van der Waals surface area (Å²) in [5, 5.41) is 6.15. The van der Waals surface area contributed by atoms with E-state index in [1.165, 1.54) is 42.6 Å². The van der Waals surface area contributed by atoms with E-state index < -0.39 is 16.0 Å². The van der Waals surface area contributed by atoms with Gasteiger partial charge in [-0.3, -0.25) is 4.31 Å². The Hall–Kier alpha value is -3.60. The number of benzene rings is 3. The minimum Gasteiger partial charge on any atom is -0.482 e. The maximum Gasteiger partial charge on any atom is 0.344 e. The average Bonchev–Trinajstić information content (AvgIpc) is 3.34. The number of hydrogen-bond donors (Lipinski definition) is 1. The fraction of sp³-hybridized carbons (Fsp3) is 0.120. The third-order valence-corrected chi connectivity index (χ3v) is 7.85. The number of carbonyl (C=O) groups is 1. The number of rotatable bonds is 10. The lowest BCUT2D eigenvalue weighted by atomic mass is 10.3. The molecule has 0 unspecified atom stereocenters. The number of carbonyl (C=O) groups excluding carboxylic acids is 1. The molecule has 0 aliphatic carbocycles. The molecule has 186 valence electrons. The first-order valence-electron chi connectivity index (χ1n) is 10.7. The van der Waals surface area contributed by atoms with Gasteiger partial charge in [-0.1, -0.05) is 29.8 Å². The Morgan fingerprint density at radius 1 is 1.03 bits per heavy atom. The molecule has 11 heteroatoms. The zero-order chi connectivity index (χ0) is 25.5. The van der Waals surface area contributed by atoms with Crippen molar-refractivity contribution in [1.82, 2.24) is 4.98 Å².